The average molecular weight is 271 g/mol. The Morgan fingerprint density at radius 2 is 1.85 bits per heavy atom. The van der Waals surface area contributed by atoms with E-state index in [0.29, 0.717) is 22.2 Å². The maximum Gasteiger partial charge on any atom is 0.200 e. The zero-order valence-electron chi connectivity index (χ0n) is 11.0. The second-order valence-corrected chi connectivity index (χ2v) is 4.63. The van der Waals surface area contributed by atoms with Crippen LogP contribution < -0.4 is 10.2 Å². The minimum atomic E-state index is -0.270. The van der Waals surface area contributed by atoms with E-state index in [9.17, 15) is 15.0 Å². The summed E-state index contributed by atoms with van der Waals surface area (Å²) >= 11 is 0. The lowest BCUT2D eigenvalue weighted by Gasteiger charge is -2.12. The number of fused-ring (bicyclic) bond motifs is 2. The van der Waals surface area contributed by atoms with E-state index < -0.39 is 0 Å². The number of benzene rings is 2. The highest BCUT2D eigenvalue weighted by atomic mass is 16.5. The topological polar surface area (TPSA) is 71.7 Å². The summed E-state index contributed by atoms with van der Waals surface area (Å²) < 4.78 is 6.85. The van der Waals surface area contributed by atoms with E-state index in [0.717, 1.165) is 0 Å². The number of aromatic hydroxyl groups is 2. The van der Waals surface area contributed by atoms with Crippen LogP contribution in [0, 0.1) is 0 Å². The Morgan fingerprint density at radius 1 is 1.10 bits per heavy atom. The smallest absolute Gasteiger partial charge is 0.200 e. The number of hydrogen-bond donors (Lipinski definition) is 2. The van der Waals surface area contributed by atoms with Gasteiger partial charge in [0.05, 0.1) is 23.5 Å². The van der Waals surface area contributed by atoms with Crippen molar-refractivity contribution in [3.8, 4) is 17.2 Å². The standard InChI is InChI=1S/C15H13NO4/c1-16-11-5-8(17)3-4-10(11)15(19)14-12(16)6-9(20-2)7-13(14)18/h3-7,17-18H,1-2H3. The molecule has 0 aliphatic heterocycles. The van der Waals surface area contributed by atoms with Gasteiger partial charge in [0.1, 0.15) is 17.2 Å². The molecule has 1 heterocycles. The van der Waals surface area contributed by atoms with E-state index in [4.69, 9.17) is 4.74 Å². The maximum absolute atomic E-state index is 12.5. The lowest BCUT2D eigenvalue weighted by Crippen LogP contribution is -2.09. The molecule has 20 heavy (non-hydrogen) atoms. The predicted octanol–water partition coefficient (Wildman–Crippen LogP) is 2.11. The molecule has 102 valence electrons. The van der Waals surface area contributed by atoms with E-state index >= 15 is 0 Å². The summed E-state index contributed by atoms with van der Waals surface area (Å²) in [4.78, 5) is 12.5. The van der Waals surface area contributed by atoms with Crippen molar-refractivity contribution in [3.63, 3.8) is 0 Å². The number of pyridine rings is 1. The van der Waals surface area contributed by atoms with Gasteiger partial charge in [0.25, 0.3) is 0 Å². The summed E-state index contributed by atoms with van der Waals surface area (Å²) in [5.41, 5.74) is 0.869. The lowest BCUT2D eigenvalue weighted by atomic mass is 10.1. The number of phenols is 2. The highest BCUT2D eigenvalue weighted by molar-refractivity contribution is 5.97. The molecule has 0 saturated carbocycles. The molecule has 3 rings (SSSR count). The molecule has 0 fully saturated rings. The zero-order chi connectivity index (χ0) is 14.4. The first kappa shape index (κ1) is 12.3. The van der Waals surface area contributed by atoms with Gasteiger partial charge in [0.2, 0.25) is 5.43 Å². The van der Waals surface area contributed by atoms with Crippen LogP contribution in [0.2, 0.25) is 0 Å². The normalized spacial score (nSPS) is 11.1. The van der Waals surface area contributed by atoms with E-state index in [1.165, 1.54) is 25.3 Å². The van der Waals surface area contributed by atoms with Gasteiger partial charge >= 0.3 is 0 Å². The number of ether oxygens (including phenoxy) is 1. The summed E-state index contributed by atoms with van der Waals surface area (Å²) in [6.45, 7) is 0. The predicted molar refractivity (Wildman–Crippen MR) is 76.6 cm³/mol. The van der Waals surface area contributed by atoms with Crippen molar-refractivity contribution in [2.45, 2.75) is 0 Å². The maximum atomic E-state index is 12.5. The van der Waals surface area contributed by atoms with Crippen molar-refractivity contribution in [1.29, 1.82) is 0 Å². The summed E-state index contributed by atoms with van der Waals surface area (Å²) in [5.74, 6) is 0.429. The van der Waals surface area contributed by atoms with Crippen molar-refractivity contribution in [3.05, 3.63) is 40.6 Å². The van der Waals surface area contributed by atoms with Crippen LogP contribution >= 0.6 is 0 Å². The summed E-state index contributed by atoms with van der Waals surface area (Å²) in [6.07, 6.45) is 0. The van der Waals surface area contributed by atoms with Gasteiger partial charge in [-0.3, -0.25) is 4.79 Å². The second-order valence-electron chi connectivity index (χ2n) is 4.63. The zero-order valence-corrected chi connectivity index (χ0v) is 11.0. The van der Waals surface area contributed by atoms with Gasteiger partial charge in [0.15, 0.2) is 0 Å². The molecule has 0 unspecified atom stereocenters. The lowest BCUT2D eigenvalue weighted by molar-refractivity contribution is 0.409. The van der Waals surface area contributed by atoms with E-state index in [2.05, 4.69) is 0 Å². The molecule has 0 radical (unpaired) electrons. The molecule has 0 bridgehead atoms. The Hall–Kier alpha value is -2.69. The third-order valence-electron chi connectivity index (χ3n) is 3.48. The van der Waals surface area contributed by atoms with Crippen LogP contribution in [0.4, 0.5) is 0 Å². The molecular weight excluding hydrogens is 258 g/mol. The summed E-state index contributed by atoms with van der Waals surface area (Å²) in [6, 6.07) is 7.62. The molecular formula is C15H13NO4. The third-order valence-corrected chi connectivity index (χ3v) is 3.48. The molecule has 3 aromatic rings. The molecule has 0 aliphatic rings. The Bertz CT molecular complexity index is 896. The Morgan fingerprint density at radius 3 is 2.55 bits per heavy atom. The fraction of sp³-hybridized carbons (Fsp3) is 0.133. The van der Waals surface area contributed by atoms with Crippen molar-refractivity contribution in [2.75, 3.05) is 7.11 Å². The van der Waals surface area contributed by atoms with Crippen molar-refractivity contribution < 1.29 is 14.9 Å². The van der Waals surface area contributed by atoms with Crippen molar-refractivity contribution in [2.24, 2.45) is 7.05 Å². The number of aromatic nitrogens is 1. The van der Waals surface area contributed by atoms with E-state index in [1.54, 1.807) is 23.7 Å². The van der Waals surface area contributed by atoms with E-state index in [-0.39, 0.29) is 22.3 Å². The van der Waals surface area contributed by atoms with Crippen LogP contribution in [0.5, 0.6) is 17.2 Å². The molecule has 0 atom stereocenters. The monoisotopic (exact) mass is 271 g/mol. The molecule has 0 saturated heterocycles. The van der Waals surface area contributed by atoms with Gasteiger partial charge in [0, 0.05) is 30.6 Å². The largest absolute Gasteiger partial charge is 0.508 e. The average Bonchev–Trinajstić information content (AvgIpc) is 2.43. The second kappa shape index (κ2) is 4.16. The number of rotatable bonds is 1. The molecule has 2 aromatic carbocycles. The summed E-state index contributed by atoms with van der Waals surface area (Å²) in [7, 11) is 3.26. The number of phenolic OH excluding ortho intramolecular Hbond substituents is 2. The number of nitrogens with zero attached hydrogens (tertiary/aromatic N) is 1. The number of methoxy groups -OCH3 is 1. The summed E-state index contributed by atoms with van der Waals surface area (Å²) in [5, 5.41) is 20.3. The molecule has 5 nitrogen and oxygen atoms in total. The van der Waals surface area contributed by atoms with Gasteiger partial charge in [-0.15, -0.1) is 0 Å². The Balaban J connectivity index is 2.62. The van der Waals surface area contributed by atoms with Crippen LogP contribution in [0.15, 0.2) is 35.1 Å². The van der Waals surface area contributed by atoms with E-state index in [1.807, 2.05) is 0 Å². The van der Waals surface area contributed by atoms with Gasteiger partial charge in [-0.05, 0) is 12.1 Å². The van der Waals surface area contributed by atoms with Crippen molar-refractivity contribution in [1.82, 2.24) is 4.57 Å². The van der Waals surface area contributed by atoms with Crippen LogP contribution in [0.3, 0.4) is 0 Å². The molecule has 0 amide bonds. The molecule has 0 aliphatic carbocycles. The molecule has 1 aromatic heterocycles. The first-order chi connectivity index (χ1) is 9.52. The van der Waals surface area contributed by atoms with Gasteiger partial charge in [-0.1, -0.05) is 0 Å². The highest BCUT2D eigenvalue weighted by Crippen LogP contribution is 2.30. The fourth-order valence-corrected chi connectivity index (χ4v) is 2.46. The molecule has 0 spiro atoms. The van der Waals surface area contributed by atoms with Crippen LogP contribution in [-0.4, -0.2) is 21.9 Å². The number of aryl methyl sites for hydroxylation is 1. The first-order valence-electron chi connectivity index (χ1n) is 6.05. The fourth-order valence-electron chi connectivity index (χ4n) is 2.46. The van der Waals surface area contributed by atoms with Gasteiger partial charge in [-0.2, -0.15) is 0 Å². The highest BCUT2D eigenvalue weighted by Gasteiger charge is 2.14. The van der Waals surface area contributed by atoms with Crippen LogP contribution in [-0.2, 0) is 7.05 Å². The van der Waals surface area contributed by atoms with Gasteiger partial charge < -0.3 is 19.5 Å². The molecule has 5 heteroatoms. The first-order valence-corrected chi connectivity index (χ1v) is 6.05. The number of hydrogen-bond acceptors (Lipinski definition) is 4. The Kier molecular flexibility index (Phi) is 2.57. The third kappa shape index (κ3) is 1.60. The minimum absolute atomic E-state index is 0.0824. The van der Waals surface area contributed by atoms with Gasteiger partial charge in [-0.25, -0.2) is 0 Å². The minimum Gasteiger partial charge on any atom is -0.508 e. The van der Waals surface area contributed by atoms with Crippen LogP contribution in [0.1, 0.15) is 0 Å². The quantitative estimate of drug-likeness (QED) is 0.665. The SMILES string of the molecule is COc1cc(O)c2c(=O)c3ccc(O)cc3n(C)c2c1. The Labute approximate surface area is 114 Å². The van der Waals surface area contributed by atoms with Crippen molar-refractivity contribution >= 4 is 21.8 Å². The van der Waals surface area contributed by atoms with Crippen LogP contribution in [0.25, 0.3) is 21.8 Å². The molecule has 2 N–H and O–H groups in total.